The van der Waals surface area contributed by atoms with Crippen LogP contribution in [-0.2, 0) is 30.9 Å². The highest BCUT2D eigenvalue weighted by molar-refractivity contribution is 7.91. The number of ether oxygens (including phenoxy) is 1. The van der Waals surface area contributed by atoms with Crippen LogP contribution in [0.15, 0.2) is 64.2 Å². The SMILES string of the molecule is CCOC(=O)CNC(=O)N1CCN(S(=O)(=O)c2cccs2)[C@H](C(=O)Nc2ccc3c(c2)c2ccccc2n3CC)C1. The summed E-state index contributed by atoms with van der Waals surface area (Å²) in [6, 6.07) is 15.0. The van der Waals surface area contributed by atoms with Crippen molar-refractivity contribution in [2.45, 2.75) is 30.6 Å². The van der Waals surface area contributed by atoms with Crippen molar-refractivity contribution in [2.75, 3.05) is 38.1 Å². The molecule has 2 aromatic heterocycles. The zero-order valence-corrected chi connectivity index (χ0v) is 24.3. The lowest BCUT2D eigenvalue weighted by Crippen LogP contribution is -2.61. The number of fused-ring (bicyclic) bond motifs is 3. The number of hydrogen-bond donors (Lipinski definition) is 2. The second-order valence-corrected chi connectivity index (χ2v) is 12.5. The van der Waals surface area contributed by atoms with Crippen molar-refractivity contribution in [2.24, 2.45) is 0 Å². The lowest BCUT2D eigenvalue weighted by molar-refractivity contribution is -0.141. The number of thiophene rings is 1. The van der Waals surface area contributed by atoms with Gasteiger partial charge in [-0.05, 0) is 49.6 Å². The van der Waals surface area contributed by atoms with Gasteiger partial charge in [-0.2, -0.15) is 4.31 Å². The first-order valence-corrected chi connectivity index (χ1v) is 15.6. The molecule has 0 unspecified atom stereocenters. The van der Waals surface area contributed by atoms with Crippen LogP contribution in [0.2, 0.25) is 0 Å². The van der Waals surface area contributed by atoms with E-state index >= 15 is 0 Å². The van der Waals surface area contributed by atoms with Crippen molar-refractivity contribution in [3.05, 3.63) is 60.0 Å². The standard InChI is InChI=1S/C28H31N5O6S2/c1-3-32-22-9-6-5-8-20(22)21-16-19(11-12-23(21)32)30-27(35)24-18-31(28(36)29-17-25(34)39-4-2)13-14-33(24)41(37,38)26-10-7-15-40-26/h5-12,15-16,24H,3-4,13-14,17-18H2,1-2H3,(H,29,36)(H,30,35)/t24-/m0/s1. The number of esters is 1. The fourth-order valence-electron chi connectivity index (χ4n) is 5.15. The number of para-hydroxylation sites is 1. The van der Waals surface area contributed by atoms with E-state index in [1.807, 2.05) is 36.4 Å². The number of aryl methyl sites for hydroxylation is 1. The lowest BCUT2D eigenvalue weighted by atomic mass is 10.1. The van der Waals surface area contributed by atoms with Crippen LogP contribution in [0.5, 0.6) is 0 Å². The van der Waals surface area contributed by atoms with Crippen molar-refractivity contribution in [3.63, 3.8) is 0 Å². The van der Waals surface area contributed by atoms with Crippen LogP contribution in [-0.4, -0.2) is 78.9 Å². The number of aromatic nitrogens is 1. The number of nitrogens with one attached hydrogen (secondary N) is 2. The van der Waals surface area contributed by atoms with Gasteiger partial charge in [-0.1, -0.05) is 24.3 Å². The molecule has 5 rings (SSSR count). The van der Waals surface area contributed by atoms with Gasteiger partial charge in [0.15, 0.2) is 0 Å². The van der Waals surface area contributed by atoms with Crippen molar-refractivity contribution >= 4 is 66.8 Å². The number of piperazine rings is 1. The van der Waals surface area contributed by atoms with E-state index < -0.39 is 34.0 Å². The Hall–Kier alpha value is -3.94. The minimum atomic E-state index is -4.00. The average molecular weight is 598 g/mol. The summed E-state index contributed by atoms with van der Waals surface area (Å²) in [5.74, 6) is -1.15. The van der Waals surface area contributed by atoms with Crippen LogP contribution in [0.3, 0.4) is 0 Å². The first kappa shape index (κ1) is 28.6. The van der Waals surface area contributed by atoms with Crippen LogP contribution < -0.4 is 10.6 Å². The summed E-state index contributed by atoms with van der Waals surface area (Å²) in [5, 5.41) is 9.04. The molecule has 0 aliphatic carbocycles. The Morgan fingerprint density at radius 1 is 1.00 bits per heavy atom. The zero-order chi connectivity index (χ0) is 29.1. The molecule has 1 aliphatic heterocycles. The Morgan fingerprint density at radius 2 is 1.78 bits per heavy atom. The number of amides is 3. The largest absolute Gasteiger partial charge is 0.465 e. The predicted molar refractivity (Wildman–Crippen MR) is 157 cm³/mol. The topological polar surface area (TPSA) is 130 Å². The van der Waals surface area contributed by atoms with Crippen LogP contribution in [0.25, 0.3) is 21.8 Å². The third kappa shape index (κ3) is 5.65. The smallest absolute Gasteiger partial charge is 0.325 e. The third-order valence-corrected chi connectivity index (χ3v) is 10.3. The quantitative estimate of drug-likeness (QED) is 0.299. The summed E-state index contributed by atoms with van der Waals surface area (Å²) in [4.78, 5) is 39.6. The molecule has 3 amide bonds. The maximum atomic E-state index is 13.7. The second-order valence-electron chi connectivity index (χ2n) is 9.46. The summed E-state index contributed by atoms with van der Waals surface area (Å²) < 4.78 is 35.3. The van der Waals surface area contributed by atoms with Gasteiger partial charge in [-0.3, -0.25) is 9.59 Å². The fourth-order valence-corrected chi connectivity index (χ4v) is 7.84. The maximum Gasteiger partial charge on any atom is 0.325 e. The Bertz CT molecular complexity index is 1700. The van der Waals surface area contributed by atoms with Crippen LogP contribution in [0.4, 0.5) is 10.5 Å². The number of urea groups is 1. The molecular formula is C28H31N5O6S2. The van der Waals surface area contributed by atoms with E-state index in [-0.39, 0.29) is 37.0 Å². The number of sulfonamides is 1. The summed E-state index contributed by atoms with van der Waals surface area (Å²) in [7, 11) is -4.00. The predicted octanol–water partition coefficient (Wildman–Crippen LogP) is 3.46. The van der Waals surface area contributed by atoms with E-state index in [1.54, 1.807) is 24.4 Å². The maximum absolute atomic E-state index is 13.7. The van der Waals surface area contributed by atoms with Gasteiger partial charge >= 0.3 is 12.0 Å². The number of benzene rings is 2. The molecule has 0 bridgehead atoms. The van der Waals surface area contributed by atoms with Gasteiger partial charge < -0.3 is 24.8 Å². The zero-order valence-electron chi connectivity index (χ0n) is 22.7. The Balaban J connectivity index is 1.42. The molecule has 1 fully saturated rings. The van der Waals surface area contributed by atoms with Gasteiger partial charge in [0.2, 0.25) is 5.91 Å². The van der Waals surface area contributed by atoms with E-state index in [0.717, 1.165) is 44.0 Å². The first-order chi connectivity index (χ1) is 19.7. The summed E-state index contributed by atoms with van der Waals surface area (Å²) >= 11 is 1.06. The van der Waals surface area contributed by atoms with Gasteiger partial charge in [0, 0.05) is 53.7 Å². The molecule has 1 atom stereocenters. The number of nitrogens with zero attached hydrogens (tertiary/aromatic N) is 3. The first-order valence-electron chi connectivity index (χ1n) is 13.3. The molecule has 3 heterocycles. The molecule has 1 saturated heterocycles. The van der Waals surface area contributed by atoms with Crippen molar-refractivity contribution in [3.8, 4) is 0 Å². The van der Waals surface area contributed by atoms with Crippen molar-refractivity contribution in [1.29, 1.82) is 0 Å². The normalized spacial score (nSPS) is 16.1. The Kier molecular flexibility index (Phi) is 8.29. The van der Waals surface area contributed by atoms with E-state index in [4.69, 9.17) is 4.74 Å². The van der Waals surface area contributed by atoms with Gasteiger partial charge in [0.05, 0.1) is 6.61 Å². The molecule has 2 N–H and O–H groups in total. The molecule has 2 aromatic carbocycles. The summed E-state index contributed by atoms with van der Waals surface area (Å²) in [5.41, 5.74) is 2.62. The molecule has 41 heavy (non-hydrogen) atoms. The van der Waals surface area contributed by atoms with E-state index in [0.29, 0.717) is 5.69 Å². The van der Waals surface area contributed by atoms with Crippen LogP contribution >= 0.6 is 11.3 Å². The summed E-state index contributed by atoms with van der Waals surface area (Å²) in [6.45, 7) is 4.13. The van der Waals surface area contributed by atoms with Gasteiger partial charge in [-0.15, -0.1) is 11.3 Å². The lowest BCUT2D eigenvalue weighted by Gasteiger charge is -2.39. The highest BCUT2D eigenvalue weighted by atomic mass is 32.2. The minimum absolute atomic E-state index is 0.0471. The highest BCUT2D eigenvalue weighted by Gasteiger charge is 2.42. The molecule has 11 nitrogen and oxygen atoms in total. The van der Waals surface area contributed by atoms with Crippen molar-refractivity contribution < 1.29 is 27.5 Å². The highest BCUT2D eigenvalue weighted by Crippen LogP contribution is 2.31. The van der Waals surface area contributed by atoms with Gasteiger partial charge in [0.1, 0.15) is 16.8 Å². The molecule has 0 saturated carbocycles. The number of rotatable bonds is 8. The number of hydrogen-bond acceptors (Lipinski definition) is 7. The Morgan fingerprint density at radius 3 is 2.51 bits per heavy atom. The average Bonchev–Trinajstić information content (AvgIpc) is 3.63. The molecule has 4 aromatic rings. The second kappa shape index (κ2) is 11.9. The molecule has 0 spiro atoms. The van der Waals surface area contributed by atoms with Crippen LogP contribution in [0, 0.1) is 0 Å². The monoisotopic (exact) mass is 597 g/mol. The fraction of sp³-hybridized carbons (Fsp3) is 0.321. The van der Waals surface area contributed by atoms with Gasteiger partial charge in [0.25, 0.3) is 10.0 Å². The molecule has 0 radical (unpaired) electrons. The third-order valence-electron chi connectivity index (χ3n) is 7.02. The number of carbonyl (C=O) groups excluding carboxylic acids is 3. The summed E-state index contributed by atoms with van der Waals surface area (Å²) in [6.07, 6.45) is 0. The van der Waals surface area contributed by atoms with Gasteiger partial charge in [-0.25, -0.2) is 13.2 Å². The molecule has 13 heteroatoms. The molecular weight excluding hydrogens is 566 g/mol. The number of carbonyl (C=O) groups is 3. The van der Waals surface area contributed by atoms with E-state index in [1.165, 1.54) is 11.0 Å². The van der Waals surface area contributed by atoms with E-state index in [9.17, 15) is 22.8 Å². The molecule has 1 aliphatic rings. The van der Waals surface area contributed by atoms with Crippen molar-refractivity contribution in [1.82, 2.24) is 19.1 Å². The van der Waals surface area contributed by atoms with Crippen LogP contribution in [0.1, 0.15) is 13.8 Å². The minimum Gasteiger partial charge on any atom is -0.465 e. The molecule has 216 valence electrons. The Labute approximate surface area is 241 Å². The number of anilines is 1. The van der Waals surface area contributed by atoms with E-state index in [2.05, 4.69) is 22.1 Å².